The van der Waals surface area contributed by atoms with Gasteiger partial charge in [0.05, 0.1) is 0 Å². The largest absolute Gasteiger partial charge is 2.00 e. The summed E-state index contributed by atoms with van der Waals surface area (Å²) in [5.74, 6) is 0. The smallest absolute Gasteiger partial charge is 0.412 e. The first-order chi connectivity index (χ1) is 4.24. The fraction of sp³-hybridized carbons (Fsp3) is 0. The van der Waals surface area contributed by atoms with Crippen molar-refractivity contribution in [3.63, 3.8) is 0 Å². The summed E-state index contributed by atoms with van der Waals surface area (Å²) in [6.07, 6.45) is 0. The molecular formula is H5FeLiO7P3+3. The molecule has 0 aliphatic rings. The second-order valence-electron chi connectivity index (χ2n) is 0.245. The molecule has 0 rings (SSSR count). The molecular weight excluding hydrogens is 268 g/mol. The van der Waals surface area contributed by atoms with Crippen LogP contribution in [0.5, 0.6) is 0 Å². The average molecular weight is 273 g/mol. The fourth-order valence-electron chi connectivity index (χ4n) is 0. The minimum Gasteiger partial charge on any atom is -0.412 e. The van der Waals surface area contributed by atoms with Crippen molar-refractivity contribution < 1.29 is 69.8 Å². The molecule has 0 radical (unpaired) electrons. The third kappa shape index (κ3) is 750. The van der Waals surface area contributed by atoms with E-state index in [1.165, 1.54) is 0 Å². The Morgan fingerprint density at radius 1 is 0.750 bits per heavy atom. The predicted molar refractivity (Wildman–Crippen MR) is 33.1 cm³/mol. The molecule has 0 atom stereocenters. The van der Waals surface area contributed by atoms with E-state index < -0.39 is 26.1 Å². The average Bonchev–Trinajstić information content (AvgIpc) is 1.70. The van der Waals surface area contributed by atoms with Crippen molar-refractivity contribution in [2.45, 2.75) is 0 Å². The van der Waals surface area contributed by atoms with E-state index in [1.54, 1.807) is 0 Å². The molecule has 0 unspecified atom stereocenters. The summed E-state index contributed by atoms with van der Waals surface area (Å²) in [6, 6.07) is 0. The Labute approximate surface area is 95.8 Å². The van der Waals surface area contributed by atoms with Crippen LogP contribution in [0, 0.1) is 0 Å². The van der Waals surface area contributed by atoms with Gasteiger partial charge in [0.1, 0.15) is 0 Å². The van der Waals surface area contributed by atoms with Gasteiger partial charge in [0.15, 0.2) is 0 Å². The number of hydrogen-bond acceptors (Lipinski definition) is 3. The van der Waals surface area contributed by atoms with Crippen molar-refractivity contribution >= 4 is 26.1 Å². The van der Waals surface area contributed by atoms with E-state index in [0.717, 1.165) is 0 Å². The van der Waals surface area contributed by atoms with Crippen LogP contribution in [0.2, 0.25) is 0 Å². The zero-order chi connectivity index (χ0) is 8.12. The molecule has 0 amide bonds. The van der Waals surface area contributed by atoms with E-state index in [2.05, 4.69) is 0 Å². The molecule has 0 spiro atoms. The Morgan fingerprint density at radius 3 is 0.750 bits per heavy atom. The van der Waals surface area contributed by atoms with Gasteiger partial charge in [-0.05, 0) is 0 Å². The van der Waals surface area contributed by atoms with E-state index in [4.69, 9.17) is 28.4 Å². The summed E-state index contributed by atoms with van der Waals surface area (Å²) in [4.78, 5) is 21.0. The molecule has 0 saturated heterocycles. The van der Waals surface area contributed by atoms with Crippen LogP contribution < -0.4 is 18.9 Å². The predicted octanol–water partition coefficient (Wildman–Crippen LogP) is -3.27. The monoisotopic (exact) mass is 273 g/mol. The van der Waals surface area contributed by atoms with Crippen LogP contribution in [0.4, 0.5) is 0 Å². The van der Waals surface area contributed by atoms with Crippen LogP contribution in [0.25, 0.3) is 0 Å². The van der Waals surface area contributed by atoms with Crippen molar-refractivity contribution in [3.05, 3.63) is 0 Å². The molecule has 68 valence electrons. The first kappa shape index (κ1) is 37.8. The van der Waals surface area contributed by atoms with E-state index >= 15 is 0 Å². The molecule has 0 saturated carbocycles. The van der Waals surface area contributed by atoms with Gasteiger partial charge in [-0.25, -0.2) is 13.7 Å². The quantitative estimate of drug-likeness (QED) is 0.312. The summed E-state index contributed by atoms with van der Waals surface area (Å²) < 4.78 is 25.4. The first-order valence-corrected chi connectivity index (χ1v) is 3.44. The summed E-state index contributed by atoms with van der Waals surface area (Å²) in [6.45, 7) is 0. The Morgan fingerprint density at radius 2 is 0.750 bits per heavy atom. The van der Waals surface area contributed by atoms with E-state index in [9.17, 15) is 0 Å². The van der Waals surface area contributed by atoms with E-state index in [0.29, 0.717) is 0 Å². The van der Waals surface area contributed by atoms with Gasteiger partial charge in [-0.1, -0.05) is 0 Å². The Hall–Kier alpha value is 1.26. The summed E-state index contributed by atoms with van der Waals surface area (Å²) in [7, 11) is -2.50. The summed E-state index contributed by atoms with van der Waals surface area (Å²) in [5.41, 5.74) is 0. The number of hydrogen-bond donors (Lipinski definition) is 3. The van der Waals surface area contributed by atoms with Gasteiger partial charge in [0, 0.05) is 0 Å². The van der Waals surface area contributed by atoms with Crippen molar-refractivity contribution in [3.8, 4) is 0 Å². The summed E-state index contributed by atoms with van der Waals surface area (Å²) in [5, 5.41) is 0. The maximum Gasteiger partial charge on any atom is 2.00 e. The van der Waals surface area contributed by atoms with Gasteiger partial charge in [-0.2, -0.15) is 0 Å². The van der Waals surface area contributed by atoms with Crippen LogP contribution in [0.1, 0.15) is 0 Å². The minimum atomic E-state index is -0.833. The van der Waals surface area contributed by atoms with Gasteiger partial charge < -0.3 is 20.2 Å². The van der Waals surface area contributed by atoms with Crippen LogP contribution in [-0.2, 0) is 30.8 Å². The van der Waals surface area contributed by atoms with Crippen LogP contribution in [-0.4, -0.2) is 20.2 Å². The van der Waals surface area contributed by atoms with Crippen LogP contribution in [0.15, 0.2) is 0 Å². The van der Waals surface area contributed by atoms with E-state index in [1.807, 2.05) is 0 Å². The maximum atomic E-state index is 8.46. The van der Waals surface area contributed by atoms with Gasteiger partial charge >= 0.3 is 62.0 Å². The number of rotatable bonds is 0. The van der Waals surface area contributed by atoms with Crippen molar-refractivity contribution in [2.75, 3.05) is 0 Å². The molecule has 0 heterocycles. The second kappa shape index (κ2) is 85.7. The third-order valence-electron chi connectivity index (χ3n) is 0. The SMILES string of the molecule is O.O=PO.O=PO.O=PO.[Fe+2].[Li+]. The molecule has 0 aromatic heterocycles. The van der Waals surface area contributed by atoms with Gasteiger partial charge in [-0.15, -0.1) is 0 Å². The molecule has 0 fully saturated rings. The van der Waals surface area contributed by atoms with Crippen molar-refractivity contribution in [1.82, 2.24) is 0 Å². The normalized spacial score (nSPS) is 5.25. The van der Waals surface area contributed by atoms with Gasteiger partial charge in [-0.3, -0.25) is 0 Å². The minimum absolute atomic E-state index is 0. The molecule has 0 aliphatic heterocycles. The molecule has 0 bridgehead atoms. The first-order valence-electron chi connectivity index (χ1n) is 1.15. The zero-order valence-electron chi connectivity index (χ0n) is 5.76. The molecule has 0 aliphatic carbocycles. The van der Waals surface area contributed by atoms with Gasteiger partial charge in [0.2, 0.25) is 0 Å². The third-order valence-corrected chi connectivity index (χ3v) is 0. The van der Waals surface area contributed by atoms with E-state index in [-0.39, 0.29) is 41.4 Å². The summed E-state index contributed by atoms with van der Waals surface area (Å²) >= 11 is 0. The molecule has 0 aromatic rings. The Balaban J connectivity index is -0.00000001000. The molecule has 0 aromatic carbocycles. The molecule has 12 heavy (non-hydrogen) atoms. The molecule has 12 heteroatoms. The van der Waals surface area contributed by atoms with Crippen molar-refractivity contribution in [1.29, 1.82) is 0 Å². The Kier molecular flexibility index (Phi) is 270. The molecule has 5 N–H and O–H groups in total. The topological polar surface area (TPSA) is 143 Å². The van der Waals surface area contributed by atoms with Crippen molar-refractivity contribution in [2.24, 2.45) is 0 Å². The fourth-order valence-corrected chi connectivity index (χ4v) is 0. The van der Waals surface area contributed by atoms with Gasteiger partial charge in [0.25, 0.3) is 0 Å². The Bertz CT molecular complexity index is 55.4. The second-order valence-corrected chi connectivity index (χ2v) is 0.735. The standard InChI is InChI=1S/Fe.Li.3HO2P.H2O/c;;3*1-3-2;/h;;3*(H,1,2);1H2/q+2;+1;;;;. The maximum absolute atomic E-state index is 8.46. The molecule has 7 nitrogen and oxygen atoms in total. The van der Waals surface area contributed by atoms with Crippen LogP contribution in [0.3, 0.4) is 0 Å². The van der Waals surface area contributed by atoms with Crippen LogP contribution >= 0.6 is 26.1 Å². The zero-order valence-corrected chi connectivity index (χ0v) is 9.55.